The molecule has 2 amide bonds. The van der Waals surface area contributed by atoms with Crippen LogP contribution in [0.15, 0.2) is 35.7 Å². The molecule has 6 nitrogen and oxygen atoms in total. The molecule has 0 saturated heterocycles. The largest absolute Gasteiger partial charge is 0.449 e. The highest BCUT2D eigenvalue weighted by molar-refractivity contribution is 7.09. The van der Waals surface area contributed by atoms with Gasteiger partial charge in [0.05, 0.1) is 12.1 Å². The van der Waals surface area contributed by atoms with E-state index >= 15 is 0 Å². The van der Waals surface area contributed by atoms with Gasteiger partial charge in [-0.25, -0.2) is 4.79 Å². The second-order valence-electron chi connectivity index (χ2n) is 5.76. The second kappa shape index (κ2) is 7.48. The first-order valence-corrected chi connectivity index (χ1v) is 8.85. The Morgan fingerprint density at radius 1 is 1.32 bits per heavy atom. The number of rotatable bonds is 5. The van der Waals surface area contributed by atoms with Crippen molar-refractivity contribution in [2.75, 3.05) is 5.32 Å². The van der Waals surface area contributed by atoms with Gasteiger partial charge in [-0.2, -0.15) is 0 Å². The predicted octanol–water partition coefficient (Wildman–Crippen LogP) is 2.49. The first kappa shape index (κ1) is 17.2. The van der Waals surface area contributed by atoms with Gasteiger partial charge in [-0.3, -0.25) is 9.59 Å². The van der Waals surface area contributed by atoms with Crippen LogP contribution in [0.25, 0.3) is 0 Å². The fourth-order valence-electron chi connectivity index (χ4n) is 2.52. The lowest BCUT2D eigenvalue weighted by Crippen LogP contribution is -2.35. The summed E-state index contributed by atoms with van der Waals surface area (Å²) in [6.45, 7) is 1.96. The average Bonchev–Trinajstić information content (AvgIpc) is 3.12. The molecule has 0 bridgehead atoms. The molecule has 2 N–H and O–H groups in total. The summed E-state index contributed by atoms with van der Waals surface area (Å²) in [4.78, 5) is 36.7. The van der Waals surface area contributed by atoms with Gasteiger partial charge in [-0.05, 0) is 48.6 Å². The van der Waals surface area contributed by atoms with Crippen LogP contribution >= 0.6 is 11.3 Å². The number of fused-ring (bicyclic) bond motifs is 1. The third kappa shape index (κ3) is 4.24. The van der Waals surface area contributed by atoms with E-state index in [4.69, 9.17) is 4.74 Å². The van der Waals surface area contributed by atoms with Crippen molar-refractivity contribution in [2.24, 2.45) is 0 Å². The standard InChI is InChI=1S/C18H18N2O4S/c1-11(17(22)19-10-14-3-2-8-25-14)24-18(23)13-4-6-15-12(9-13)5-7-16(21)20-15/h2-4,6,8-9,11H,5,7,10H2,1H3,(H,19,22)(H,20,21)/t11-/m0/s1. The Balaban J connectivity index is 1.57. The molecule has 1 aromatic carbocycles. The van der Waals surface area contributed by atoms with Gasteiger partial charge >= 0.3 is 5.97 Å². The highest BCUT2D eigenvalue weighted by Gasteiger charge is 2.21. The van der Waals surface area contributed by atoms with Crippen LogP contribution in [0.2, 0.25) is 0 Å². The lowest BCUT2D eigenvalue weighted by Gasteiger charge is -2.18. The fourth-order valence-corrected chi connectivity index (χ4v) is 3.17. The predicted molar refractivity (Wildman–Crippen MR) is 94.4 cm³/mol. The Labute approximate surface area is 149 Å². The van der Waals surface area contributed by atoms with E-state index in [1.54, 1.807) is 36.5 Å². The van der Waals surface area contributed by atoms with Crippen molar-refractivity contribution in [3.8, 4) is 0 Å². The summed E-state index contributed by atoms with van der Waals surface area (Å²) in [5.74, 6) is -0.927. The molecule has 1 aliphatic heterocycles. The lowest BCUT2D eigenvalue weighted by atomic mass is 10.0. The van der Waals surface area contributed by atoms with Gasteiger partial charge in [0.25, 0.3) is 5.91 Å². The van der Waals surface area contributed by atoms with E-state index in [1.807, 2.05) is 17.5 Å². The third-order valence-electron chi connectivity index (χ3n) is 3.91. The van der Waals surface area contributed by atoms with E-state index in [2.05, 4.69) is 10.6 Å². The third-order valence-corrected chi connectivity index (χ3v) is 4.78. The Morgan fingerprint density at radius 2 is 2.16 bits per heavy atom. The van der Waals surface area contributed by atoms with Crippen molar-refractivity contribution >= 4 is 34.8 Å². The number of benzene rings is 1. The average molecular weight is 358 g/mol. The maximum Gasteiger partial charge on any atom is 0.338 e. The number of carbonyl (C=O) groups excluding carboxylic acids is 3. The summed E-state index contributed by atoms with van der Waals surface area (Å²) >= 11 is 1.55. The molecule has 1 aliphatic rings. The zero-order valence-electron chi connectivity index (χ0n) is 13.7. The number of carbonyl (C=O) groups is 3. The van der Waals surface area contributed by atoms with Gasteiger partial charge in [-0.1, -0.05) is 6.07 Å². The van der Waals surface area contributed by atoms with Crippen LogP contribution in [-0.4, -0.2) is 23.9 Å². The number of thiophene rings is 1. The molecular formula is C18H18N2O4S. The summed E-state index contributed by atoms with van der Waals surface area (Å²) in [7, 11) is 0. The molecule has 25 heavy (non-hydrogen) atoms. The summed E-state index contributed by atoms with van der Waals surface area (Å²) < 4.78 is 5.25. The molecule has 2 heterocycles. The van der Waals surface area contributed by atoms with E-state index in [1.165, 1.54) is 0 Å². The van der Waals surface area contributed by atoms with Crippen molar-refractivity contribution in [3.63, 3.8) is 0 Å². The van der Waals surface area contributed by atoms with E-state index in [0.29, 0.717) is 24.9 Å². The molecule has 3 rings (SSSR count). The van der Waals surface area contributed by atoms with Crippen molar-refractivity contribution in [1.82, 2.24) is 5.32 Å². The van der Waals surface area contributed by atoms with E-state index in [-0.39, 0.29) is 11.8 Å². The van der Waals surface area contributed by atoms with Crippen molar-refractivity contribution in [1.29, 1.82) is 0 Å². The number of ether oxygens (including phenoxy) is 1. The molecule has 2 aromatic rings. The van der Waals surface area contributed by atoms with Crippen LogP contribution in [0.1, 0.15) is 34.1 Å². The first-order chi connectivity index (χ1) is 12.0. The topological polar surface area (TPSA) is 84.5 Å². The zero-order chi connectivity index (χ0) is 17.8. The minimum Gasteiger partial charge on any atom is -0.449 e. The maximum absolute atomic E-state index is 12.3. The van der Waals surface area contributed by atoms with Gasteiger partial charge in [0.1, 0.15) is 0 Å². The van der Waals surface area contributed by atoms with Crippen LogP contribution in [0.4, 0.5) is 5.69 Å². The number of anilines is 1. The molecule has 0 fully saturated rings. The van der Waals surface area contributed by atoms with Gasteiger partial charge in [0, 0.05) is 17.0 Å². The Morgan fingerprint density at radius 3 is 2.92 bits per heavy atom. The van der Waals surface area contributed by atoms with Crippen molar-refractivity contribution in [3.05, 3.63) is 51.7 Å². The molecule has 7 heteroatoms. The monoisotopic (exact) mass is 358 g/mol. The molecule has 1 atom stereocenters. The lowest BCUT2D eigenvalue weighted by molar-refractivity contribution is -0.129. The quantitative estimate of drug-likeness (QED) is 0.804. The first-order valence-electron chi connectivity index (χ1n) is 7.97. The second-order valence-corrected chi connectivity index (χ2v) is 6.80. The van der Waals surface area contributed by atoms with E-state index < -0.39 is 12.1 Å². The van der Waals surface area contributed by atoms with Gasteiger partial charge in [0.2, 0.25) is 5.91 Å². The Kier molecular flexibility index (Phi) is 5.14. The summed E-state index contributed by atoms with van der Waals surface area (Å²) in [6.07, 6.45) is 0.0924. The number of nitrogens with one attached hydrogen (secondary N) is 2. The molecule has 1 aromatic heterocycles. The number of esters is 1. The Bertz CT molecular complexity index is 801. The number of aryl methyl sites for hydroxylation is 1. The normalized spacial score (nSPS) is 14.2. The minimum atomic E-state index is -0.886. The highest BCUT2D eigenvalue weighted by Crippen LogP contribution is 2.24. The number of hydrogen-bond donors (Lipinski definition) is 2. The minimum absolute atomic E-state index is 0.0288. The van der Waals surface area contributed by atoms with Gasteiger partial charge in [-0.15, -0.1) is 11.3 Å². The summed E-state index contributed by atoms with van der Waals surface area (Å²) in [5.41, 5.74) is 1.98. The van der Waals surface area contributed by atoms with Crippen molar-refractivity contribution in [2.45, 2.75) is 32.4 Å². The van der Waals surface area contributed by atoms with Gasteiger partial charge < -0.3 is 15.4 Å². The smallest absolute Gasteiger partial charge is 0.338 e. The fraction of sp³-hybridized carbons (Fsp3) is 0.278. The van der Waals surface area contributed by atoms with Crippen LogP contribution in [0, 0.1) is 0 Å². The van der Waals surface area contributed by atoms with Gasteiger partial charge in [0.15, 0.2) is 6.10 Å². The SMILES string of the molecule is C[C@H](OC(=O)c1ccc2c(c1)CCC(=O)N2)C(=O)NCc1cccs1. The van der Waals surface area contributed by atoms with Crippen LogP contribution in [-0.2, 0) is 27.3 Å². The Hall–Kier alpha value is -2.67. The summed E-state index contributed by atoms with van der Waals surface area (Å²) in [5, 5.41) is 7.44. The number of hydrogen-bond acceptors (Lipinski definition) is 5. The van der Waals surface area contributed by atoms with E-state index in [9.17, 15) is 14.4 Å². The van der Waals surface area contributed by atoms with E-state index in [0.717, 1.165) is 16.1 Å². The molecule has 0 unspecified atom stereocenters. The zero-order valence-corrected chi connectivity index (χ0v) is 14.5. The molecule has 0 spiro atoms. The molecule has 130 valence electrons. The molecule has 0 aliphatic carbocycles. The maximum atomic E-state index is 12.3. The van der Waals surface area contributed by atoms with Crippen LogP contribution < -0.4 is 10.6 Å². The molecule has 0 radical (unpaired) electrons. The number of amides is 2. The molecular weight excluding hydrogens is 340 g/mol. The van der Waals surface area contributed by atoms with Crippen molar-refractivity contribution < 1.29 is 19.1 Å². The van der Waals surface area contributed by atoms with Crippen LogP contribution in [0.3, 0.4) is 0 Å². The highest BCUT2D eigenvalue weighted by atomic mass is 32.1. The van der Waals surface area contributed by atoms with Crippen LogP contribution in [0.5, 0.6) is 0 Å². The summed E-state index contributed by atoms with van der Waals surface area (Å²) in [6, 6.07) is 8.81. The molecule has 0 saturated carbocycles.